The van der Waals surface area contributed by atoms with E-state index in [0.717, 1.165) is 17.6 Å². The molecule has 2 aromatic carbocycles. The Morgan fingerprint density at radius 1 is 1.11 bits per heavy atom. The smallest absolute Gasteiger partial charge is 0.264 e. The zero-order valence-electron chi connectivity index (χ0n) is 15.1. The van der Waals surface area contributed by atoms with Gasteiger partial charge in [0, 0.05) is 4.47 Å². The number of carbonyl (C=O) groups excluding carboxylic acids is 1. The Balaban J connectivity index is 1.92. The highest BCUT2D eigenvalue weighted by Gasteiger charge is 2.30. The number of anilines is 1. The van der Waals surface area contributed by atoms with Crippen molar-refractivity contribution in [3.05, 3.63) is 59.1 Å². The number of sulfonamides is 1. The van der Waals surface area contributed by atoms with Crippen LogP contribution in [0.2, 0.25) is 0 Å². The van der Waals surface area contributed by atoms with Crippen molar-refractivity contribution in [1.29, 1.82) is 0 Å². The summed E-state index contributed by atoms with van der Waals surface area (Å²) >= 11 is 3.38. The van der Waals surface area contributed by atoms with Gasteiger partial charge in [-0.25, -0.2) is 8.42 Å². The molecule has 1 aliphatic heterocycles. The van der Waals surface area contributed by atoms with Gasteiger partial charge in [-0.05, 0) is 30.3 Å². The number of quaternary nitrogens is 1. The molecule has 1 fully saturated rings. The van der Waals surface area contributed by atoms with E-state index >= 15 is 0 Å². The summed E-state index contributed by atoms with van der Waals surface area (Å²) in [7, 11) is -1.76. The predicted octanol–water partition coefficient (Wildman–Crippen LogP) is 1.00. The molecule has 6 nitrogen and oxygen atoms in total. The summed E-state index contributed by atoms with van der Waals surface area (Å²) in [5.41, 5.74) is 0.460. The topological polar surface area (TPSA) is 62.1 Å². The first-order valence-electron chi connectivity index (χ1n) is 8.80. The van der Waals surface area contributed by atoms with Crippen LogP contribution in [-0.2, 0) is 14.8 Å². The zero-order chi connectivity index (χ0) is 19.4. The van der Waals surface area contributed by atoms with Crippen LogP contribution in [0.3, 0.4) is 0 Å². The Kier molecular flexibility index (Phi) is 6.18. The predicted molar refractivity (Wildman–Crippen MR) is 108 cm³/mol. The quantitative estimate of drug-likeness (QED) is 0.735. The first kappa shape index (κ1) is 19.9. The summed E-state index contributed by atoms with van der Waals surface area (Å²) < 4.78 is 28.4. The lowest BCUT2D eigenvalue weighted by molar-refractivity contribution is -0.883. The molecule has 1 saturated heterocycles. The molecule has 1 amide bonds. The third kappa shape index (κ3) is 4.69. The summed E-state index contributed by atoms with van der Waals surface area (Å²) in [5.74, 6) is -0.179. The maximum atomic E-state index is 13.3. The largest absolute Gasteiger partial charge is 0.334 e. The van der Waals surface area contributed by atoms with E-state index in [1.54, 1.807) is 53.4 Å². The first-order valence-corrected chi connectivity index (χ1v) is 11.0. The highest BCUT2D eigenvalue weighted by Crippen LogP contribution is 2.26. The number of piperazine rings is 1. The number of nitrogens with one attached hydrogen (secondary N) is 1. The van der Waals surface area contributed by atoms with Crippen LogP contribution < -0.4 is 9.21 Å². The van der Waals surface area contributed by atoms with E-state index < -0.39 is 10.0 Å². The molecular formula is C19H23BrN3O3S+. The fraction of sp³-hybridized carbons (Fsp3) is 0.316. The second-order valence-electron chi connectivity index (χ2n) is 6.64. The van der Waals surface area contributed by atoms with Crippen molar-refractivity contribution in [1.82, 2.24) is 4.90 Å². The zero-order valence-corrected chi connectivity index (χ0v) is 17.5. The van der Waals surface area contributed by atoms with Crippen molar-refractivity contribution in [3.63, 3.8) is 0 Å². The summed E-state index contributed by atoms with van der Waals surface area (Å²) in [4.78, 5) is 16.1. The average Bonchev–Trinajstić information content (AvgIpc) is 2.67. The van der Waals surface area contributed by atoms with Crippen LogP contribution in [0.1, 0.15) is 0 Å². The van der Waals surface area contributed by atoms with Crippen molar-refractivity contribution < 1.29 is 18.1 Å². The van der Waals surface area contributed by atoms with Crippen molar-refractivity contribution in [2.75, 3.05) is 44.1 Å². The second-order valence-corrected chi connectivity index (χ2v) is 9.42. The molecule has 0 atom stereocenters. The van der Waals surface area contributed by atoms with Crippen molar-refractivity contribution >= 4 is 37.5 Å². The van der Waals surface area contributed by atoms with Gasteiger partial charge in [0.2, 0.25) is 5.91 Å². The number of halogens is 1. The van der Waals surface area contributed by atoms with E-state index in [2.05, 4.69) is 23.0 Å². The second kappa shape index (κ2) is 8.41. The Bertz CT molecular complexity index is 897. The minimum atomic E-state index is -3.86. The minimum Gasteiger partial charge on any atom is -0.334 e. The molecule has 1 N–H and O–H groups in total. The normalized spacial score (nSPS) is 15.6. The standard InChI is InChI=1S/C19H22BrN3O3S/c1-21-10-12-22(13-11-21)19(24)15-23(17-7-5-6-16(20)14-17)27(25,26)18-8-3-2-4-9-18/h2-9,14H,10-13,15H2,1H3/p+1. The molecule has 0 saturated carbocycles. The highest BCUT2D eigenvalue weighted by atomic mass is 79.9. The van der Waals surface area contributed by atoms with Crippen LogP contribution in [0, 0.1) is 0 Å². The molecule has 8 heteroatoms. The maximum Gasteiger partial charge on any atom is 0.264 e. The summed E-state index contributed by atoms with van der Waals surface area (Å²) in [6, 6.07) is 15.2. The molecule has 0 spiro atoms. The first-order chi connectivity index (χ1) is 12.9. The molecule has 0 aliphatic carbocycles. The molecule has 0 bridgehead atoms. The van der Waals surface area contributed by atoms with Gasteiger partial charge < -0.3 is 9.80 Å². The number of nitrogens with zero attached hydrogens (tertiary/aromatic N) is 2. The third-order valence-electron chi connectivity index (χ3n) is 4.68. The summed E-state index contributed by atoms with van der Waals surface area (Å²) in [6.07, 6.45) is 0. The Morgan fingerprint density at radius 2 is 1.78 bits per heavy atom. The van der Waals surface area contributed by atoms with Gasteiger partial charge in [0.1, 0.15) is 6.54 Å². The van der Waals surface area contributed by atoms with Crippen LogP contribution in [-0.4, -0.2) is 59.0 Å². The number of amides is 1. The average molecular weight is 453 g/mol. The number of likely N-dealkylation sites (N-methyl/N-ethyl adjacent to an activating group) is 1. The van der Waals surface area contributed by atoms with Crippen LogP contribution >= 0.6 is 15.9 Å². The molecule has 1 heterocycles. The number of benzene rings is 2. The van der Waals surface area contributed by atoms with Gasteiger partial charge in [-0.15, -0.1) is 0 Å². The van der Waals surface area contributed by atoms with E-state index in [1.165, 1.54) is 9.21 Å². The number of carbonyl (C=O) groups is 1. The van der Waals surface area contributed by atoms with E-state index in [9.17, 15) is 13.2 Å². The lowest BCUT2D eigenvalue weighted by Gasteiger charge is -2.32. The lowest BCUT2D eigenvalue weighted by atomic mass is 10.3. The van der Waals surface area contributed by atoms with E-state index in [4.69, 9.17) is 0 Å². The number of hydrogen-bond donors (Lipinski definition) is 1. The van der Waals surface area contributed by atoms with E-state index in [0.29, 0.717) is 18.8 Å². The van der Waals surface area contributed by atoms with Crippen molar-refractivity contribution in [2.24, 2.45) is 0 Å². The fourth-order valence-electron chi connectivity index (χ4n) is 3.03. The minimum absolute atomic E-state index is 0.167. The van der Waals surface area contributed by atoms with Gasteiger partial charge in [0.25, 0.3) is 10.0 Å². The van der Waals surface area contributed by atoms with Gasteiger partial charge in [-0.2, -0.15) is 0 Å². The van der Waals surface area contributed by atoms with Gasteiger partial charge >= 0.3 is 0 Å². The fourth-order valence-corrected chi connectivity index (χ4v) is 4.84. The van der Waals surface area contributed by atoms with Gasteiger partial charge in [0.05, 0.1) is 43.8 Å². The Hall–Kier alpha value is -1.90. The summed E-state index contributed by atoms with van der Waals surface area (Å²) in [5, 5.41) is 0. The van der Waals surface area contributed by atoms with Crippen LogP contribution in [0.15, 0.2) is 64.0 Å². The van der Waals surface area contributed by atoms with Gasteiger partial charge in [-0.3, -0.25) is 9.10 Å². The monoisotopic (exact) mass is 452 g/mol. The third-order valence-corrected chi connectivity index (χ3v) is 6.96. The van der Waals surface area contributed by atoms with Crippen molar-refractivity contribution in [2.45, 2.75) is 4.90 Å². The van der Waals surface area contributed by atoms with Crippen LogP contribution in [0.4, 0.5) is 5.69 Å². The summed E-state index contributed by atoms with van der Waals surface area (Å²) in [6.45, 7) is 2.81. The van der Waals surface area contributed by atoms with Gasteiger partial charge in [0.15, 0.2) is 0 Å². The molecule has 27 heavy (non-hydrogen) atoms. The van der Waals surface area contributed by atoms with E-state index in [-0.39, 0.29) is 17.3 Å². The molecule has 3 rings (SSSR count). The Morgan fingerprint density at radius 3 is 2.41 bits per heavy atom. The number of hydrogen-bond acceptors (Lipinski definition) is 3. The molecule has 144 valence electrons. The molecule has 0 radical (unpaired) electrons. The molecular weight excluding hydrogens is 430 g/mol. The molecule has 1 aliphatic rings. The SMILES string of the molecule is C[NH+]1CCN(C(=O)CN(c2cccc(Br)c2)S(=O)(=O)c2ccccc2)CC1. The number of rotatable bonds is 5. The van der Waals surface area contributed by atoms with Crippen LogP contribution in [0.5, 0.6) is 0 Å². The van der Waals surface area contributed by atoms with Crippen molar-refractivity contribution in [3.8, 4) is 0 Å². The molecule has 0 unspecified atom stereocenters. The van der Waals surface area contributed by atoms with E-state index in [1.807, 2.05) is 6.07 Å². The Labute approximate surface area is 168 Å². The van der Waals surface area contributed by atoms with Gasteiger partial charge in [-0.1, -0.05) is 40.2 Å². The van der Waals surface area contributed by atoms with Crippen LogP contribution in [0.25, 0.3) is 0 Å². The molecule has 0 aromatic heterocycles. The highest BCUT2D eigenvalue weighted by molar-refractivity contribution is 9.10. The maximum absolute atomic E-state index is 13.3. The lowest BCUT2D eigenvalue weighted by Crippen LogP contribution is -3.12. The molecule has 2 aromatic rings.